The van der Waals surface area contributed by atoms with Crippen LogP contribution in [0.25, 0.3) is 10.1 Å². The number of unbranched alkanes of at least 4 members (excludes halogenated alkanes) is 5. The van der Waals surface area contributed by atoms with Crippen LogP contribution in [-0.2, 0) is 0 Å². The highest BCUT2D eigenvalue weighted by atomic mass is 32.1. The number of thiophene rings is 1. The van der Waals surface area contributed by atoms with Crippen LogP contribution in [0.4, 0.5) is 5.69 Å². The first-order chi connectivity index (χ1) is 12.5. The number of nitrogens with zero attached hydrogens (tertiary/aromatic N) is 1. The fourth-order valence-corrected chi connectivity index (χ4v) is 4.09. The van der Waals surface area contributed by atoms with E-state index in [-0.39, 0.29) is 17.2 Å². The van der Waals surface area contributed by atoms with Gasteiger partial charge in [0.25, 0.3) is 0 Å². The van der Waals surface area contributed by atoms with E-state index < -0.39 is 4.92 Å². The minimum atomic E-state index is -0.484. The number of Topliss-reactive ketones (excluding diaryl/α,β-unsaturated/α-hetero) is 1. The summed E-state index contributed by atoms with van der Waals surface area (Å²) in [4.78, 5) is 24.1. The lowest BCUT2D eigenvalue weighted by Gasteiger charge is -2.08. The Kier molecular flexibility index (Phi) is 7.38. The Hall–Kier alpha value is -2.15. The van der Waals surface area contributed by atoms with Crippen molar-refractivity contribution in [2.45, 2.75) is 51.9 Å². The fraction of sp³-hybridized carbons (Fsp3) is 0.526. The van der Waals surface area contributed by atoms with Gasteiger partial charge in [-0.3, -0.25) is 14.9 Å². The van der Waals surface area contributed by atoms with Gasteiger partial charge in [-0.2, -0.15) is 0 Å². The summed E-state index contributed by atoms with van der Waals surface area (Å²) in [6, 6.07) is 3.40. The number of ketones is 1. The molecule has 2 aromatic rings. The average Bonchev–Trinajstić information content (AvgIpc) is 3.05. The second kappa shape index (κ2) is 9.52. The molecule has 0 radical (unpaired) electrons. The third-order valence-corrected chi connectivity index (χ3v) is 5.54. The molecule has 0 saturated heterocycles. The number of hydrogen-bond donors (Lipinski definition) is 0. The summed E-state index contributed by atoms with van der Waals surface area (Å²) in [5.74, 6) is 0.412. The molecule has 0 aliphatic rings. The van der Waals surface area contributed by atoms with Gasteiger partial charge in [-0.05, 0) is 18.6 Å². The summed E-state index contributed by atoms with van der Waals surface area (Å²) in [7, 11) is 2.80. The molecule has 0 atom stereocenters. The van der Waals surface area contributed by atoms with Gasteiger partial charge in [0.05, 0.1) is 24.0 Å². The van der Waals surface area contributed by atoms with Gasteiger partial charge in [0, 0.05) is 11.8 Å². The molecule has 0 saturated carbocycles. The molecular formula is C19H25NO5S. The molecule has 26 heavy (non-hydrogen) atoms. The molecule has 0 fully saturated rings. The van der Waals surface area contributed by atoms with Crippen molar-refractivity contribution in [3.05, 3.63) is 27.1 Å². The maximum absolute atomic E-state index is 12.5. The normalized spacial score (nSPS) is 10.9. The van der Waals surface area contributed by atoms with Crippen molar-refractivity contribution in [2.75, 3.05) is 14.2 Å². The molecule has 0 amide bonds. The van der Waals surface area contributed by atoms with Gasteiger partial charge in [0.1, 0.15) is 4.70 Å². The van der Waals surface area contributed by atoms with Crippen LogP contribution in [0.2, 0.25) is 0 Å². The first-order valence-electron chi connectivity index (χ1n) is 8.89. The number of rotatable bonds is 11. The van der Waals surface area contributed by atoms with Gasteiger partial charge >= 0.3 is 5.69 Å². The molecule has 0 N–H and O–H groups in total. The largest absolute Gasteiger partial charge is 0.493 e. The van der Waals surface area contributed by atoms with E-state index in [0.717, 1.165) is 30.6 Å². The summed E-state index contributed by atoms with van der Waals surface area (Å²) in [5.41, 5.74) is -0.148. The Morgan fingerprint density at radius 2 is 1.81 bits per heavy atom. The zero-order valence-electron chi connectivity index (χ0n) is 15.5. The predicted octanol–water partition coefficient (Wildman–Crippen LogP) is 5.76. The standard InChI is InChI=1S/C19H25NO5S/c1-4-5-6-7-8-9-10-14(21)16-12-13-11-15(24-2)18(25-3)17(20(22)23)19(13)26-16/h11-12H,4-10H2,1-3H3. The minimum absolute atomic E-state index is 0.0360. The molecule has 7 heteroatoms. The van der Waals surface area contributed by atoms with Crippen molar-refractivity contribution in [2.24, 2.45) is 0 Å². The number of ether oxygens (including phenoxy) is 2. The van der Waals surface area contributed by atoms with Gasteiger partial charge in [0.15, 0.2) is 11.5 Å². The molecule has 0 spiro atoms. The number of hydrogen-bond acceptors (Lipinski definition) is 6. The molecule has 1 aromatic heterocycles. The Morgan fingerprint density at radius 3 is 2.42 bits per heavy atom. The lowest BCUT2D eigenvalue weighted by atomic mass is 10.1. The molecule has 1 aromatic carbocycles. The van der Waals surface area contributed by atoms with Gasteiger partial charge in [-0.1, -0.05) is 39.0 Å². The quantitative estimate of drug-likeness (QED) is 0.215. The Balaban J connectivity index is 2.21. The van der Waals surface area contributed by atoms with Crippen LogP contribution in [0.5, 0.6) is 11.5 Å². The number of benzene rings is 1. The van der Waals surface area contributed by atoms with Gasteiger partial charge < -0.3 is 9.47 Å². The maximum atomic E-state index is 12.5. The first-order valence-corrected chi connectivity index (χ1v) is 9.71. The van der Waals surface area contributed by atoms with Crippen molar-refractivity contribution in [1.82, 2.24) is 0 Å². The van der Waals surface area contributed by atoms with Crippen molar-refractivity contribution in [1.29, 1.82) is 0 Å². The van der Waals surface area contributed by atoms with Crippen molar-refractivity contribution < 1.29 is 19.2 Å². The van der Waals surface area contributed by atoms with E-state index in [1.807, 2.05) is 0 Å². The lowest BCUT2D eigenvalue weighted by Crippen LogP contribution is -1.97. The summed E-state index contributed by atoms with van der Waals surface area (Å²) in [6.07, 6.45) is 7.15. The van der Waals surface area contributed by atoms with Gasteiger partial charge in [0.2, 0.25) is 5.75 Å². The van der Waals surface area contributed by atoms with Crippen molar-refractivity contribution in [3.63, 3.8) is 0 Å². The zero-order chi connectivity index (χ0) is 19.1. The second-order valence-corrected chi connectivity index (χ2v) is 7.24. The van der Waals surface area contributed by atoms with Crippen LogP contribution in [0.15, 0.2) is 12.1 Å². The van der Waals surface area contributed by atoms with Crippen molar-refractivity contribution >= 4 is 32.9 Å². The Labute approximate surface area is 157 Å². The number of nitro benzene ring substituents is 1. The number of fused-ring (bicyclic) bond motifs is 1. The number of carbonyl (C=O) groups excluding carboxylic acids is 1. The maximum Gasteiger partial charge on any atom is 0.332 e. The van der Waals surface area contributed by atoms with Crippen LogP contribution in [0, 0.1) is 10.1 Å². The molecule has 0 unspecified atom stereocenters. The summed E-state index contributed by atoms with van der Waals surface area (Å²) in [6.45, 7) is 2.17. The highest BCUT2D eigenvalue weighted by Gasteiger charge is 2.27. The Bertz CT molecular complexity index is 784. The fourth-order valence-electron chi connectivity index (χ4n) is 2.97. The van der Waals surface area contributed by atoms with Crippen LogP contribution >= 0.6 is 11.3 Å². The third kappa shape index (κ3) is 4.52. The topological polar surface area (TPSA) is 78.7 Å². The number of methoxy groups -OCH3 is 2. The summed E-state index contributed by atoms with van der Waals surface area (Å²) >= 11 is 1.15. The SMILES string of the molecule is CCCCCCCCC(=O)c1cc2cc(OC)c(OC)c([N+](=O)[O-])c2s1. The van der Waals surface area contributed by atoms with E-state index in [1.165, 1.54) is 33.5 Å². The van der Waals surface area contributed by atoms with Crippen LogP contribution in [-0.4, -0.2) is 24.9 Å². The van der Waals surface area contributed by atoms with Gasteiger partial charge in [-0.15, -0.1) is 11.3 Å². The lowest BCUT2D eigenvalue weighted by molar-refractivity contribution is -0.383. The third-order valence-electron chi connectivity index (χ3n) is 4.34. The van der Waals surface area contributed by atoms with Crippen LogP contribution < -0.4 is 9.47 Å². The highest BCUT2D eigenvalue weighted by molar-refractivity contribution is 7.21. The smallest absolute Gasteiger partial charge is 0.332 e. The minimum Gasteiger partial charge on any atom is -0.493 e. The van der Waals surface area contributed by atoms with Crippen LogP contribution in [0.3, 0.4) is 0 Å². The first kappa shape index (κ1) is 20.2. The predicted molar refractivity (Wildman–Crippen MR) is 104 cm³/mol. The zero-order valence-corrected chi connectivity index (χ0v) is 16.3. The van der Waals surface area contributed by atoms with E-state index in [4.69, 9.17) is 9.47 Å². The monoisotopic (exact) mass is 379 g/mol. The van der Waals surface area contributed by atoms with Gasteiger partial charge in [-0.25, -0.2) is 0 Å². The summed E-state index contributed by atoms with van der Waals surface area (Å²) < 4.78 is 10.8. The molecule has 2 rings (SSSR count). The molecule has 0 aliphatic carbocycles. The van der Waals surface area contributed by atoms with Crippen molar-refractivity contribution in [3.8, 4) is 11.5 Å². The van der Waals surface area contributed by atoms with E-state index >= 15 is 0 Å². The average molecular weight is 379 g/mol. The number of carbonyl (C=O) groups is 1. The summed E-state index contributed by atoms with van der Waals surface area (Å²) in [5, 5.41) is 12.2. The number of nitro groups is 1. The van der Waals surface area contributed by atoms with Crippen LogP contribution in [0.1, 0.15) is 61.5 Å². The molecule has 142 valence electrons. The van der Waals surface area contributed by atoms with E-state index in [9.17, 15) is 14.9 Å². The molecule has 1 heterocycles. The molecule has 0 bridgehead atoms. The highest BCUT2D eigenvalue weighted by Crippen LogP contribution is 2.46. The molecular weight excluding hydrogens is 354 g/mol. The van der Waals surface area contributed by atoms with E-state index in [2.05, 4.69) is 6.92 Å². The molecule has 0 aliphatic heterocycles. The van der Waals surface area contributed by atoms with E-state index in [0.29, 0.717) is 27.1 Å². The molecule has 6 nitrogen and oxygen atoms in total. The van der Waals surface area contributed by atoms with E-state index in [1.54, 1.807) is 12.1 Å². The second-order valence-electron chi connectivity index (χ2n) is 6.19. The Morgan fingerprint density at radius 1 is 1.12 bits per heavy atom.